The minimum atomic E-state index is -0.361. The molecule has 5 heteroatoms. The number of esters is 1. The van der Waals surface area contributed by atoms with Crippen LogP contribution in [0.15, 0.2) is 5.38 Å². The van der Waals surface area contributed by atoms with Crippen LogP contribution in [0, 0.1) is 5.41 Å². The van der Waals surface area contributed by atoms with E-state index in [-0.39, 0.29) is 16.9 Å². The van der Waals surface area contributed by atoms with Gasteiger partial charge in [0.15, 0.2) is 10.8 Å². The summed E-state index contributed by atoms with van der Waals surface area (Å²) in [6.07, 6.45) is 1.01. The van der Waals surface area contributed by atoms with Crippen molar-refractivity contribution in [3.8, 4) is 0 Å². The number of nitrogens with one attached hydrogen (secondary N) is 1. The van der Waals surface area contributed by atoms with Crippen molar-refractivity contribution in [2.24, 2.45) is 5.41 Å². The molecule has 0 aromatic carbocycles. The molecule has 0 aliphatic heterocycles. The fraction of sp³-hybridized carbons (Fsp3) is 0.714. The summed E-state index contributed by atoms with van der Waals surface area (Å²) >= 11 is 1.43. The monoisotopic (exact) mass is 284 g/mol. The number of anilines is 1. The summed E-state index contributed by atoms with van der Waals surface area (Å²) < 4.78 is 4.93. The van der Waals surface area contributed by atoms with Gasteiger partial charge in [-0.15, -0.1) is 11.3 Å². The molecule has 4 nitrogen and oxygen atoms in total. The SMILES string of the molecule is CCOC(=O)c1csc(NC(C)(C)CC(C)(C)C)n1. The molecule has 0 radical (unpaired) electrons. The standard InChI is InChI=1S/C14H24N2O2S/c1-7-18-11(17)10-8-19-12(15-10)16-14(5,6)9-13(2,3)4/h8H,7,9H2,1-6H3,(H,15,16). The Kier molecular flexibility index (Phi) is 4.96. The van der Waals surface area contributed by atoms with Crippen molar-refractivity contribution in [3.05, 3.63) is 11.1 Å². The number of nitrogens with zero attached hydrogens (tertiary/aromatic N) is 1. The zero-order valence-corrected chi connectivity index (χ0v) is 13.5. The minimum Gasteiger partial charge on any atom is -0.461 e. The summed E-state index contributed by atoms with van der Waals surface area (Å²) in [7, 11) is 0. The number of hydrogen-bond acceptors (Lipinski definition) is 5. The number of thiazole rings is 1. The van der Waals surface area contributed by atoms with Crippen molar-refractivity contribution in [1.82, 2.24) is 4.98 Å². The van der Waals surface area contributed by atoms with Gasteiger partial charge in [-0.2, -0.15) is 0 Å². The zero-order valence-electron chi connectivity index (χ0n) is 12.7. The van der Waals surface area contributed by atoms with Gasteiger partial charge in [0.05, 0.1) is 6.61 Å². The molecule has 0 saturated heterocycles. The van der Waals surface area contributed by atoms with Crippen molar-refractivity contribution < 1.29 is 9.53 Å². The first-order valence-corrected chi connectivity index (χ1v) is 7.42. The van der Waals surface area contributed by atoms with Gasteiger partial charge in [0.1, 0.15) is 0 Å². The maximum atomic E-state index is 11.5. The van der Waals surface area contributed by atoms with Gasteiger partial charge in [0.2, 0.25) is 0 Å². The molecule has 0 spiro atoms. The maximum Gasteiger partial charge on any atom is 0.357 e. The van der Waals surface area contributed by atoms with E-state index in [1.807, 2.05) is 0 Å². The normalized spacial score (nSPS) is 12.3. The quantitative estimate of drug-likeness (QED) is 0.832. The molecule has 108 valence electrons. The van der Waals surface area contributed by atoms with E-state index in [0.717, 1.165) is 11.6 Å². The third-order valence-corrected chi connectivity index (χ3v) is 3.16. The van der Waals surface area contributed by atoms with E-state index in [0.29, 0.717) is 12.3 Å². The number of rotatable bonds is 5. The summed E-state index contributed by atoms with van der Waals surface area (Å²) in [6, 6.07) is 0. The minimum absolute atomic E-state index is 0.0674. The molecule has 0 unspecified atom stereocenters. The summed E-state index contributed by atoms with van der Waals surface area (Å²) in [5.41, 5.74) is 0.542. The molecule has 0 atom stereocenters. The molecule has 0 saturated carbocycles. The first-order chi connectivity index (χ1) is 8.63. The molecular weight excluding hydrogens is 260 g/mol. The van der Waals surface area contributed by atoms with Gasteiger partial charge >= 0.3 is 5.97 Å². The highest BCUT2D eigenvalue weighted by molar-refractivity contribution is 7.13. The van der Waals surface area contributed by atoms with Crippen LogP contribution >= 0.6 is 11.3 Å². The van der Waals surface area contributed by atoms with Gasteiger partial charge in [-0.05, 0) is 32.6 Å². The Balaban J connectivity index is 2.70. The molecule has 0 fully saturated rings. The predicted molar refractivity (Wildman–Crippen MR) is 79.8 cm³/mol. The van der Waals surface area contributed by atoms with E-state index in [1.165, 1.54) is 11.3 Å². The highest BCUT2D eigenvalue weighted by atomic mass is 32.1. The predicted octanol–water partition coefficient (Wildman–Crippen LogP) is 3.95. The number of ether oxygens (including phenoxy) is 1. The van der Waals surface area contributed by atoms with E-state index < -0.39 is 0 Å². The number of hydrogen-bond donors (Lipinski definition) is 1. The molecule has 1 aromatic heterocycles. The second-order valence-corrected chi connectivity index (χ2v) is 7.36. The van der Waals surface area contributed by atoms with Gasteiger partial charge in [0.25, 0.3) is 0 Å². The zero-order chi connectivity index (χ0) is 14.7. The van der Waals surface area contributed by atoms with Crippen molar-refractivity contribution in [2.45, 2.75) is 53.5 Å². The first kappa shape index (κ1) is 16.0. The van der Waals surface area contributed by atoms with E-state index >= 15 is 0 Å². The Hall–Kier alpha value is -1.10. The van der Waals surface area contributed by atoms with Crippen LogP contribution < -0.4 is 5.32 Å². The van der Waals surface area contributed by atoms with E-state index in [4.69, 9.17) is 4.74 Å². The van der Waals surface area contributed by atoms with E-state index in [2.05, 4.69) is 44.9 Å². The largest absolute Gasteiger partial charge is 0.461 e. The number of carbonyl (C=O) groups is 1. The molecule has 0 aliphatic carbocycles. The lowest BCUT2D eigenvalue weighted by molar-refractivity contribution is 0.0520. The van der Waals surface area contributed by atoms with Gasteiger partial charge in [0, 0.05) is 10.9 Å². The Morgan fingerprint density at radius 1 is 1.37 bits per heavy atom. The van der Waals surface area contributed by atoms with Crippen LogP contribution in [0.2, 0.25) is 0 Å². The van der Waals surface area contributed by atoms with Gasteiger partial charge in [-0.3, -0.25) is 0 Å². The van der Waals surface area contributed by atoms with Crippen LogP contribution in [0.1, 0.15) is 58.5 Å². The molecule has 19 heavy (non-hydrogen) atoms. The lowest BCUT2D eigenvalue weighted by atomic mass is 9.82. The lowest BCUT2D eigenvalue weighted by Crippen LogP contribution is -2.35. The molecule has 1 rings (SSSR count). The Bertz CT molecular complexity index is 433. The third-order valence-electron chi connectivity index (χ3n) is 2.41. The Labute approximate surface area is 119 Å². The smallest absolute Gasteiger partial charge is 0.357 e. The van der Waals surface area contributed by atoms with Crippen LogP contribution in [0.25, 0.3) is 0 Å². The van der Waals surface area contributed by atoms with Crippen molar-refractivity contribution in [2.75, 3.05) is 11.9 Å². The number of aromatic nitrogens is 1. The second-order valence-electron chi connectivity index (χ2n) is 6.50. The van der Waals surface area contributed by atoms with Crippen LogP contribution in [0.5, 0.6) is 0 Å². The van der Waals surface area contributed by atoms with Crippen LogP contribution in [0.3, 0.4) is 0 Å². The maximum absolute atomic E-state index is 11.5. The topological polar surface area (TPSA) is 51.2 Å². The molecule has 1 N–H and O–H groups in total. The highest BCUT2D eigenvalue weighted by Gasteiger charge is 2.26. The van der Waals surface area contributed by atoms with Crippen molar-refractivity contribution in [3.63, 3.8) is 0 Å². The molecule has 1 heterocycles. The third kappa shape index (κ3) is 5.59. The molecular formula is C14H24N2O2S. The Morgan fingerprint density at radius 2 is 2.00 bits per heavy atom. The average molecular weight is 284 g/mol. The molecule has 1 aromatic rings. The fourth-order valence-electron chi connectivity index (χ4n) is 2.29. The van der Waals surface area contributed by atoms with Gasteiger partial charge in [-0.25, -0.2) is 9.78 Å². The lowest BCUT2D eigenvalue weighted by Gasteiger charge is -2.33. The summed E-state index contributed by atoms with van der Waals surface area (Å²) in [5.74, 6) is -0.361. The van der Waals surface area contributed by atoms with Crippen molar-refractivity contribution in [1.29, 1.82) is 0 Å². The van der Waals surface area contributed by atoms with E-state index in [1.54, 1.807) is 12.3 Å². The summed E-state index contributed by atoms with van der Waals surface area (Å²) in [6.45, 7) is 13.1. The van der Waals surface area contributed by atoms with Crippen LogP contribution in [-0.2, 0) is 4.74 Å². The Morgan fingerprint density at radius 3 is 2.53 bits per heavy atom. The van der Waals surface area contributed by atoms with Gasteiger partial charge < -0.3 is 10.1 Å². The molecule has 0 amide bonds. The fourth-order valence-corrected chi connectivity index (χ4v) is 3.15. The number of carbonyl (C=O) groups excluding carboxylic acids is 1. The summed E-state index contributed by atoms with van der Waals surface area (Å²) in [5, 5.41) is 5.88. The van der Waals surface area contributed by atoms with Crippen LogP contribution in [0.4, 0.5) is 5.13 Å². The molecule has 0 bridgehead atoms. The van der Waals surface area contributed by atoms with Crippen LogP contribution in [-0.4, -0.2) is 23.1 Å². The average Bonchev–Trinajstić information content (AvgIpc) is 2.61. The van der Waals surface area contributed by atoms with Gasteiger partial charge in [-0.1, -0.05) is 20.8 Å². The summed E-state index contributed by atoms with van der Waals surface area (Å²) in [4.78, 5) is 15.8. The molecule has 0 aliphatic rings. The van der Waals surface area contributed by atoms with Crippen molar-refractivity contribution >= 4 is 22.4 Å². The highest BCUT2D eigenvalue weighted by Crippen LogP contribution is 2.30. The first-order valence-electron chi connectivity index (χ1n) is 6.54. The second kappa shape index (κ2) is 5.90. The van der Waals surface area contributed by atoms with E-state index in [9.17, 15) is 4.79 Å².